The van der Waals surface area contributed by atoms with Crippen LogP contribution in [-0.2, 0) is 13.0 Å². The SMILES string of the molecule is CN1CCc2c(Cn3cncn3)cccc21. The van der Waals surface area contributed by atoms with Gasteiger partial charge in [0.15, 0.2) is 0 Å². The number of fused-ring (bicyclic) bond motifs is 1. The largest absolute Gasteiger partial charge is 0.374 e. The zero-order valence-electron chi connectivity index (χ0n) is 9.30. The van der Waals surface area contributed by atoms with Crippen LogP contribution < -0.4 is 4.90 Å². The molecule has 0 aliphatic carbocycles. The maximum atomic E-state index is 4.15. The van der Waals surface area contributed by atoms with Crippen LogP contribution in [0.5, 0.6) is 0 Å². The molecule has 0 saturated heterocycles. The van der Waals surface area contributed by atoms with Gasteiger partial charge >= 0.3 is 0 Å². The highest BCUT2D eigenvalue weighted by Crippen LogP contribution is 2.29. The smallest absolute Gasteiger partial charge is 0.137 e. The highest BCUT2D eigenvalue weighted by molar-refractivity contribution is 5.60. The molecule has 0 saturated carbocycles. The van der Waals surface area contributed by atoms with Crippen molar-refractivity contribution in [3.8, 4) is 0 Å². The first-order valence-corrected chi connectivity index (χ1v) is 5.49. The van der Waals surface area contributed by atoms with Crippen molar-refractivity contribution in [1.82, 2.24) is 14.8 Å². The van der Waals surface area contributed by atoms with Gasteiger partial charge in [-0.05, 0) is 23.6 Å². The first-order chi connectivity index (χ1) is 7.84. The molecule has 4 heteroatoms. The Bertz CT molecular complexity index is 490. The van der Waals surface area contributed by atoms with Gasteiger partial charge in [-0.1, -0.05) is 12.1 Å². The monoisotopic (exact) mass is 214 g/mol. The van der Waals surface area contributed by atoms with E-state index in [1.807, 2.05) is 4.68 Å². The van der Waals surface area contributed by atoms with Crippen molar-refractivity contribution in [2.24, 2.45) is 0 Å². The average molecular weight is 214 g/mol. The maximum absolute atomic E-state index is 4.15. The molecule has 2 aromatic rings. The molecule has 0 bridgehead atoms. The number of likely N-dealkylation sites (N-methyl/N-ethyl adjacent to an activating group) is 1. The Morgan fingerprint density at radius 2 is 2.31 bits per heavy atom. The number of hydrogen-bond donors (Lipinski definition) is 0. The van der Waals surface area contributed by atoms with Crippen molar-refractivity contribution >= 4 is 5.69 Å². The molecule has 3 rings (SSSR count). The zero-order valence-corrected chi connectivity index (χ0v) is 9.30. The molecule has 2 heterocycles. The lowest BCUT2D eigenvalue weighted by atomic mass is 10.1. The van der Waals surface area contributed by atoms with E-state index in [2.05, 4.69) is 40.2 Å². The van der Waals surface area contributed by atoms with Gasteiger partial charge in [-0.15, -0.1) is 0 Å². The third-order valence-electron chi connectivity index (χ3n) is 3.16. The number of rotatable bonds is 2. The van der Waals surface area contributed by atoms with Gasteiger partial charge in [0.1, 0.15) is 12.7 Å². The molecule has 1 aliphatic rings. The molecular weight excluding hydrogens is 200 g/mol. The summed E-state index contributed by atoms with van der Waals surface area (Å²) >= 11 is 0. The van der Waals surface area contributed by atoms with Gasteiger partial charge in [-0.2, -0.15) is 5.10 Å². The number of nitrogens with zero attached hydrogens (tertiary/aromatic N) is 4. The lowest BCUT2D eigenvalue weighted by Crippen LogP contribution is -2.12. The van der Waals surface area contributed by atoms with Gasteiger partial charge < -0.3 is 4.90 Å². The Morgan fingerprint density at radius 1 is 1.38 bits per heavy atom. The van der Waals surface area contributed by atoms with E-state index >= 15 is 0 Å². The quantitative estimate of drug-likeness (QED) is 0.756. The number of aromatic nitrogens is 3. The van der Waals surface area contributed by atoms with Crippen molar-refractivity contribution in [2.75, 3.05) is 18.5 Å². The zero-order chi connectivity index (χ0) is 11.0. The molecule has 1 aliphatic heterocycles. The van der Waals surface area contributed by atoms with E-state index < -0.39 is 0 Å². The molecule has 0 atom stereocenters. The van der Waals surface area contributed by atoms with Gasteiger partial charge in [0.05, 0.1) is 6.54 Å². The minimum Gasteiger partial charge on any atom is -0.374 e. The van der Waals surface area contributed by atoms with Crippen LogP contribution in [0.1, 0.15) is 11.1 Å². The fourth-order valence-electron chi connectivity index (χ4n) is 2.30. The molecule has 0 amide bonds. The number of anilines is 1. The third kappa shape index (κ3) is 1.46. The van der Waals surface area contributed by atoms with Gasteiger partial charge in [0.25, 0.3) is 0 Å². The molecule has 0 fully saturated rings. The molecule has 0 radical (unpaired) electrons. The molecule has 16 heavy (non-hydrogen) atoms. The lowest BCUT2D eigenvalue weighted by Gasteiger charge is -2.13. The number of benzene rings is 1. The van der Waals surface area contributed by atoms with Gasteiger partial charge in [0, 0.05) is 19.3 Å². The summed E-state index contributed by atoms with van der Waals surface area (Å²) in [4.78, 5) is 6.27. The van der Waals surface area contributed by atoms with Crippen molar-refractivity contribution < 1.29 is 0 Å². The van der Waals surface area contributed by atoms with Gasteiger partial charge in [-0.3, -0.25) is 0 Å². The van der Waals surface area contributed by atoms with E-state index in [9.17, 15) is 0 Å². The van der Waals surface area contributed by atoms with E-state index in [1.54, 1.807) is 12.7 Å². The Hall–Kier alpha value is -1.84. The third-order valence-corrected chi connectivity index (χ3v) is 3.16. The summed E-state index contributed by atoms with van der Waals surface area (Å²) < 4.78 is 1.87. The fraction of sp³-hybridized carbons (Fsp3) is 0.333. The highest BCUT2D eigenvalue weighted by Gasteiger charge is 2.18. The molecule has 1 aromatic heterocycles. The highest BCUT2D eigenvalue weighted by atomic mass is 15.3. The van der Waals surface area contributed by atoms with Crippen LogP contribution in [0.3, 0.4) is 0 Å². The van der Waals surface area contributed by atoms with Crippen molar-refractivity contribution in [3.05, 3.63) is 42.0 Å². The van der Waals surface area contributed by atoms with Gasteiger partial charge in [0.2, 0.25) is 0 Å². The summed E-state index contributed by atoms with van der Waals surface area (Å²) in [7, 11) is 2.14. The van der Waals surface area contributed by atoms with Crippen molar-refractivity contribution in [2.45, 2.75) is 13.0 Å². The number of hydrogen-bond acceptors (Lipinski definition) is 3. The molecule has 1 aromatic carbocycles. The van der Waals surface area contributed by atoms with Crippen molar-refractivity contribution in [1.29, 1.82) is 0 Å². The van der Waals surface area contributed by atoms with E-state index in [1.165, 1.54) is 16.8 Å². The average Bonchev–Trinajstić information content (AvgIpc) is 2.90. The molecule has 0 N–H and O–H groups in total. The second-order valence-corrected chi connectivity index (χ2v) is 4.18. The van der Waals surface area contributed by atoms with Crippen LogP contribution in [-0.4, -0.2) is 28.4 Å². The lowest BCUT2D eigenvalue weighted by molar-refractivity contribution is 0.681. The molecule has 0 spiro atoms. The summed E-state index contributed by atoms with van der Waals surface area (Å²) in [6.07, 6.45) is 4.48. The minimum absolute atomic E-state index is 0.816. The van der Waals surface area contributed by atoms with E-state index in [0.29, 0.717) is 0 Å². The van der Waals surface area contributed by atoms with E-state index in [-0.39, 0.29) is 0 Å². The predicted molar refractivity (Wildman–Crippen MR) is 62.5 cm³/mol. The van der Waals surface area contributed by atoms with Crippen LogP contribution in [0.15, 0.2) is 30.9 Å². The Morgan fingerprint density at radius 3 is 3.12 bits per heavy atom. The topological polar surface area (TPSA) is 34.0 Å². The van der Waals surface area contributed by atoms with Crippen LogP contribution in [0.2, 0.25) is 0 Å². The molecule has 82 valence electrons. The van der Waals surface area contributed by atoms with Crippen LogP contribution in [0.25, 0.3) is 0 Å². The first-order valence-electron chi connectivity index (χ1n) is 5.49. The molecular formula is C12H14N4. The standard InChI is InChI=1S/C12H14N4/c1-15-6-5-11-10(3-2-4-12(11)15)7-16-9-13-8-14-16/h2-4,8-9H,5-7H2,1H3. The summed E-state index contributed by atoms with van der Waals surface area (Å²) in [6.45, 7) is 1.93. The molecule has 4 nitrogen and oxygen atoms in total. The first kappa shape index (κ1) is 9.39. The van der Waals surface area contributed by atoms with Crippen LogP contribution in [0, 0.1) is 0 Å². The minimum atomic E-state index is 0.816. The Labute approximate surface area is 94.5 Å². The van der Waals surface area contributed by atoms with Crippen LogP contribution >= 0.6 is 0 Å². The maximum Gasteiger partial charge on any atom is 0.137 e. The summed E-state index contributed by atoms with van der Waals surface area (Å²) in [5.41, 5.74) is 4.17. The van der Waals surface area contributed by atoms with Gasteiger partial charge in [-0.25, -0.2) is 9.67 Å². The van der Waals surface area contributed by atoms with E-state index in [0.717, 1.165) is 19.5 Å². The summed E-state index contributed by atoms with van der Waals surface area (Å²) in [5.74, 6) is 0. The summed E-state index contributed by atoms with van der Waals surface area (Å²) in [6, 6.07) is 6.49. The second-order valence-electron chi connectivity index (χ2n) is 4.18. The second kappa shape index (κ2) is 3.63. The van der Waals surface area contributed by atoms with E-state index in [4.69, 9.17) is 0 Å². The molecule has 0 unspecified atom stereocenters. The van der Waals surface area contributed by atoms with Crippen LogP contribution in [0.4, 0.5) is 5.69 Å². The van der Waals surface area contributed by atoms with Crippen molar-refractivity contribution in [3.63, 3.8) is 0 Å². The Balaban J connectivity index is 1.97. The summed E-state index contributed by atoms with van der Waals surface area (Å²) in [5, 5.41) is 4.15. The predicted octanol–water partition coefficient (Wildman–Crippen LogP) is 1.32. The Kier molecular flexibility index (Phi) is 2.13. The fourth-order valence-corrected chi connectivity index (χ4v) is 2.30. The normalized spacial score (nSPS) is 14.2.